The maximum atomic E-state index is 13.6. The van der Waals surface area contributed by atoms with E-state index < -0.39 is 27.5 Å². The highest BCUT2D eigenvalue weighted by Crippen LogP contribution is 2.45. The van der Waals surface area contributed by atoms with Crippen LogP contribution in [0.1, 0.15) is 22.7 Å². The third-order valence-corrected chi connectivity index (χ3v) is 7.41. The third kappa shape index (κ3) is 3.65. The number of aryl methyl sites for hydroxylation is 2. The molecule has 1 aliphatic heterocycles. The van der Waals surface area contributed by atoms with Crippen molar-refractivity contribution < 1.29 is 23.1 Å². The molecule has 164 valence electrons. The molecule has 0 bridgehead atoms. The van der Waals surface area contributed by atoms with Crippen LogP contribution in [0.3, 0.4) is 0 Å². The number of aliphatic hydroxyl groups excluding tert-OH is 1. The quantitative estimate of drug-likeness (QED) is 0.613. The second-order valence-corrected chi connectivity index (χ2v) is 9.63. The van der Waals surface area contributed by atoms with Gasteiger partial charge in [0.15, 0.2) is 5.76 Å². The first kappa shape index (κ1) is 21.6. The van der Waals surface area contributed by atoms with Crippen LogP contribution in [-0.4, -0.2) is 26.5 Å². The van der Waals surface area contributed by atoms with Crippen LogP contribution in [0.2, 0.25) is 0 Å². The Morgan fingerprint density at radius 3 is 1.91 bits per heavy atom. The zero-order valence-electron chi connectivity index (χ0n) is 17.9. The van der Waals surface area contributed by atoms with Crippen molar-refractivity contribution in [3.8, 4) is 5.75 Å². The Labute approximate surface area is 187 Å². The SMILES string of the molecule is COc1ccc(C2C(S(=O)(=O)c3ccc(C)cc3)=C(O)C(=O)N2c2ccc(C)cc2)cc1. The molecule has 1 aliphatic rings. The fourth-order valence-electron chi connectivity index (χ4n) is 3.76. The van der Waals surface area contributed by atoms with Crippen molar-refractivity contribution in [2.45, 2.75) is 24.8 Å². The average molecular weight is 450 g/mol. The lowest BCUT2D eigenvalue weighted by atomic mass is 10.1. The number of benzene rings is 3. The Morgan fingerprint density at radius 1 is 0.844 bits per heavy atom. The largest absolute Gasteiger partial charge is 0.502 e. The van der Waals surface area contributed by atoms with Crippen molar-refractivity contribution in [2.24, 2.45) is 0 Å². The van der Waals surface area contributed by atoms with Crippen molar-refractivity contribution in [3.63, 3.8) is 0 Å². The first-order valence-electron chi connectivity index (χ1n) is 10.0. The van der Waals surface area contributed by atoms with E-state index in [0.29, 0.717) is 17.0 Å². The maximum Gasteiger partial charge on any atom is 0.295 e. The average Bonchev–Trinajstić information content (AvgIpc) is 3.06. The van der Waals surface area contributed by atoms with Gasteiger partial charge in [-0.1, -0.05) is 47.5 Å². The number of methoxy groups -OCH3 is 1. The summed E-state index contributed by atoms with van der Waals surface area (Å²) in [5.41, 5.74) is 2.92. The number of hydrogen-bond acceptors (Lipinski definition) is 5. The maximum absolute atomic E-state index is 13.6. The normalized spacial score (nSPS) is 16.5. The lowest BCUT2D eigenvalue weighted by Gasteiger charge is -2.27. The number of sulfone groups is 1. The Balaban J connectivity index is 1.92. The van der Waals surface area contributed by atoms with E-state index in [9.17, 15) is 18.3 Å². The number of amides is 1. The van der Waals surface area contributed by atoms with Crippen LogP contribution in [0.5, 0.6) is 5.75 Å². The molecule has 1 N–H and O–H groups in total. The topological polar surface area (TPSA) is 83.9 Å². The van der Waals surface area contributed by atoms with Gasteiger partial charge in [-0.15, -0.1) is 0 Å². The molecule has 0 aromatic heterocycles. The smallest absolute Gasteiger partial charge is 0.295 e. The monoisotopic (exact) mass is 449 g/mol. The first-order chi connectivity index (χ1) is 15.2. The van der Waals surface area contributed by atoms with E-state index in [1.54, 1.807) is 48.5 Å². The molecule has 1 heterocycles. The van der Waals surface area contributed by atoms with Crippen LogP contribution in [0, 0.1) is 13.8 Å². The van der Waals surface area contributed by atoms with Gasteiger partial charge in [0.25, 0.3) is 5.91 Å². The van der Waals surface area contributed by atoms with Gasteiger partial charge in [-0.2, -0.15) is 0 Å². The fraction of sp³-hybridized carbons (Fsp3) is 0.160. The van der Waals surface area contributed by atoms with Crippen LogP contribution in [0.25, 0.3) is 0 Å². The van der Waals surface area contributed by atoms with E-state index in [4.69, 9.17) is 4.74 Å². The van der Waals surface area contributed by atoms with Crippen molar-refractivity contribution in [1.82, 2.24) is 0 Å². The van der Waals surface area contributed by atoms with Crippen LogP contribution in [-0.2, 0) is 14.6 Å². The van der Waals surface area contributed by atoms with Gasteiger partial charge in [0.1, 0.15) is 16.7 Å². The second-order valence-electron chi connectivity index (χ2n) is 7.72. The Morgan fingerprint density at radius 2 is 1.38 bits per heavy atom. The van der Waals surface area contributed by atoms with E-state index in [0.717, 1.165) is 11.1 Å². The summed E-state index contributed by atoms with van der Waals surface area (Å²) in [6.45, 7) is 3.77. The lowest BCUT2D eigenvalue weighted by Crippen LogP contribution is -2.31. The minimum Gasteiger partial charge on any atom is -0.502 e. The lowest BCUT2D eigenvalue weighted by molar-refractivity contribution is -0.117. The number of anilines is 1. The predicted octanol–water partition coefficient (Wildman–Crippen LogP) is 4.64. The molecule has 0 radical (unpaired) electrons. The minimum absolute atomic E-state index is 0.0155. The first-order valence-corrected chi connectivity index (χ1v) is 11.5. The number of ether oxygens (including phenoxy) is 1. The van der Waals surface area contributed by atoms with Gasteiger partial charge in [-0.05, 0) is 55.8 Å². The minimum atomic E-state index is -4.16. The summed E-state index contributed by atoms with van der Waals surface area (Å²) in [4.78, 5) is 14.2. The molecular weight excluding hydrogens is 426 g/mol. The number of nitrogens with zero attached hydrogens (tertiary/aromatic N) is 1. The van der Waals surface area contributed by atoms with E-state index in [-0.39, 0.29) is 9.80 Å². The zero-order chi connectivity index (χ0) is 23.0. The van der Waals surface area contributed by atoms with Gasteiger partial charge in [0, 0.05) is 5.69 Å². The van der Waals surface area contributed by atoms with Gasteiger partial charge >= 0.3 is 0 Å². The van der Waals surface area contributed by atoms with Crippen molar-refractivity contribution in [3.05, 3.63) is 100 Å². The highest BCUT2D eigenvalue weighted by Gasteiger charge is 2.47. The molecule has 7 heteroatoms. The van der Waals surface area contributed by atoms with Gasteiger partial charge in [-0.25, -0.2) is 8.42 Å². The number of aliphatic hydroxyl groups is 1. The molecule has 3 aromatic rings. The number of hydrogen-bond donors (Lipinski definition) is 1. The highest BCUT2D eigenvalue weighted by molar-refractivity contribution is 7.95. The number of carbonyl (C=O) groups is 1. The standard InChI is InChI=1S/C25H23NO5S/c1-16-4-10-19(11-5-16)26-22(18-8-12-20(31-3)13-9-18)24(23(27)25(26)28)32(29,30)21-14-6-17(2)7-15-21/h4-15,22,27H,1-3H3. The summed E-state index contributed by atoms with van der Waals surface area (Å²) in [7, 11) is -2.63. The highest BCUT2D eigenvalue weighted by atomic mass is 32.2. The third-order valence-electron chi connectivity index (χ3n) is 5.53. The fourth-order valence-corrected chi connectivity index (χ4v) is 5.39. The molecule has 32 heavy (non-hydrogen) atoms. The van der Waals surface area contributed by atoms with E-state index in [1.807, 2.05) is 26.0 Å². The molecule has 4 rings (SSSR count). The number of rotatable bonds is 5. The van der Waals surface area contributed by atoms with Crippen LogP contribution in [0.4, 0.5) is 5.69 Å². The molecule has 0 aliphatic carbocycles. The summed E-state index contributed by atoms with van der Waals surface area (Å²) in [6.07, 6.45) is 0. The summed E-state index contributed by atoms with van der Waals surface area (Å²) in [5, 5.41) is 10.8. The van der Waals surface area contributed by atoms with Gasteiger partial charge in [0.2, 0.25) is 9.84 Å². The van der Waals surface area contributed by atoms with Gasteiger partial charge in [0.05, 0.1) is 12.0 Å². The van der Waals surface area contributed by atoms with E-state index in [1.165, 1.54) is 24.1 Å². The summed E-state index contributed by atoms with van der Waals surface area (Å²) < 4.78 is 32.4. The summed E-state index contributed by atoms with van der Waals surface area (Å²) >= 11 is 0. The van der Waals surface area contributed by atoms with Crippen molar-refractivity contribution in [1.29, 1.82) is 0 Å². The molecule has 6 nitrogen and oxygen atoms in total. The molecule has 3 aromatic carbocycles. The van der Waals surface area contributed by atoms with E-state index in [2.05, 4.69) is 0 Å². The van der Waals surface area contributed by atoms with Crippen LogP contribution in [0.15, 0.2) is 88.4 Å². The predicted molar refractivity (Wildman–Crippen MR) is 122 cm³/mol. The molecule has 1 atom stereocenters. The van der Waals surface area contributed by atoms with Gasteiger partial charge in [-0.3, -0.25) is 9.69 Å². The molecule has 1 unspecified atom stereocenters. The second kappa shape index (κ2) is 8.16. The molecule has 0 saturated heterocycles. The zero-order valence-corrected chi connectivity index (χ0v) is 18.8. The van der Waals surface area contributed by atoms with Crippen LogP contribution < -0.4 is 9.64 Å². The Kier molecular flexibility index (Phi) is 5.52. The molecule has 0 fully saturated rings. The van der Waals surface area contributed by atoms with E-state index >= 15 is 0 Å². The Bertz CT molecular complexity index is 1290. The summed E-state index contributed by atoms with van der Waals surface area (Å²) in [5.74, 6) is -0.941. The molecular formula is C25H23NO5S. The molecule has 1 amide bonds. The molecule has 0 spiro atoms. The van der Waals surface area contributed by atoms with Gasteiger partial charge < -0.3 is 9.84 Å². The summed E-state index contributed by atoms with van der Waals surface area (Å²) in [6, 6.07) is 19.2. The van der Waals surface area contributed by atoms with Crippen molar-refractivity contribution >= 4 is 21.4 Å². The van der Waals surface area contributed by atoms with Crippen LogP contribution >= 0.6 is 0 Å². The molecule has 0 saturated carbocycles. The number of carbonyl (C=O) groups excluding carboxylic acids is 1. The Hall–Kier alpha value is -3.58. The van der Waals surface area contributed by atoms with Crippen molar-refractivity contribution in [2.75, 3.05) is 12.0 Å².